The Bertz CT molecular complexity index is 436. The number of likely N-dealkylation sites (tertiary alicyclic amines) is 1. The predicted octanol–water partition coefficient (Wildman–Crippen LogP) is 0.611. The highest BCUT2D eigenvalue weighted by Gasteiger charge is 2.29. The summed E-state index contributed by atoms with van der Waals surface area (Å²) in [7, 11) is 1.64. The lowest BCUT2D eigenvalue weighted by Gasteiger charge is -2.15. The molecule has 1 N–H and O–H groups in total. The fraction of sp³-hybridized carbons (Fsp3) is 0.571. The maximum atomic E-state index is 11.8. The summed E-state index contributed by atoms with van der Waals surface area (Å²) >= 11 is 0. The lowest BCUT2D eigenvalue weighted by molar-refractivity contribution is -0.128. The summed E-state index contributed by atoms with van der Waals surface area (Å²) in [5.74, 6) is 0.506. The second-order valence-electron chi connectivity index (χ2n) is 4.92. The molecule has 0 radical (unpaired) electrons. The Morgan fingerprint density at radius 1 is 1.58 bits per heavy atom. The van der Waals surface area contributed by atoms with E-state index in [9.17, 15) is 4.79 Å². The number of hydrogen-bond donors (Lipinski definition) is 1. The van der Waals surface area contributed by atoms with Crippen LogP contribution in [0.1, 0.15) is 17.7 Å². The van der Waals surface area contributed by atoms with Crippen LogP contribution in [-0.4, -0.2) is 47.7 Å². The van der Waals surface area contributed by atoms with Gasteiger partial charge in [0.2, 0.25) is 5.91 Å². The molecular weight excluding hydrogens is 244 g/mol. The number of pyridine rings is 1. The summed E-state index contributed by atoms with van der Waals surface area (Å²) in [6, 6.07) is 3.70. The highest BCUT2D eigenvalue weighted by atomic mass is 16.5. The molecule has 0 spiro atoms. The number of aromatic nitrogens is 1. The van der Waals surface area contributed by atoms with E-state index in [1.54, 1.807) is 19.4 Å². The standard InChI is InChI=1S/C14H20N2O3/c1-19-5-4-16-9-12(8-14(16)18)7-13-6-11(10-17)2-3-15-13/h2-3,6,12,17H,4-5,7-10H2,1H3/t12-/m1/s1. The fourth-order valence-corrected chi connectivity index (χ4v) is 2.44. The summed E-state index contributed by atoms with van der Waals surface area (Å²) in [5.41, 5.74) is 1.81. The summed E-state index contributed by atoms with van der Waals surface area (Å²) in [4.78, 5) is 18.0. The second-order valence-corrected chi connectivity index (χ2v) is 4.92. The molecule has 0 unspecified atom stereocenters. The first-order valence-corrected chi connectivity index (χ1v) is 6.54. The monoisotopic (exact) mass is 264 g/mol. The third kappa shape index (κ3) is 3.75. The molecule has 1 aliphatic heterocycles. The van der Waals surface area contributed by atoms with E-state index in [0.717, 1.165) is 24.2 Å². The highest BCUT2D eigenvalue weighted by molar-refractivity contribution is 5.78. The Balaban J connectivity index is 1.91. The average Bonchev–Trinajstić information content (AvgIpc) is 2.76. The van der Waals surface area contributed by atoms with Crippen LogP contribution in [0.3, 0.4) is 0 Å². The van der Waals surface area contributed by atoms with Gasteiger partial charge in [0.15, 0.2) is 0 Å². The van der Waals surface area contributed by atoms with Crippen LogP contribution in [-0.2, 0) is 22.6 Å². The zero-order valence-corrected chi connectivity index (χ0v) is 11.2. The summed E-state index contributed by atoms with van der Waals surface area (Å²) in [6.45, 7) is 2.04. The van der Waals surface area contributed by atoms with Crippen LogP contribution in [0.2, 0.25) is 0 Å². The Kier molecular flexibility index (Phi) is 4.87. The Morgan fingerprint density at radius 3 is 3.16 bits per heavy atom. The third-order valence-electron chi connectivity index (χ3n) is 3.42. The SMILES string of the molecule is COCCN1C[C@H](Cc2cc(CO)ccn2)CC1=O. The average molecular weight is 264 g/mol. The molecule has 104 valence electrons. The van der Waals surface area contributed by atoms with Crippen LogP contribution in [0.15, 0.2) is 18.3 Å². The van der Waals surface area contributed by atoms with Crippen LogP contribution >= 0.6 is 0 Å². The zero-order valence-electron chi connectivity index (χ0n) is 11.2. The van der Waals surface area contributed by atoms with Gasteiger partial charge in [-0.05, 0) is 30.0 Å². The van der Waals surface area contributed by atoms with Crippen molar-refractivity contribution in [3.05, 3.63) is 29.6 Å². The lowest BCUT2D eigenvalue weighted by atomic mass is 10.0. The van der Waals surface area contributed by atoms with Gasteiger partial charge in [-0.2, -0.15) is 0 Å². The molecule has 2 heterocycles. The first-order chi connectivity index (χ1) is 9.22. The number of aliphatic hydroxyl groups is 1. The van der Waals surface area contributed by atoms with Crippen LogP contribution in [0.25, 0.3) is 0 Å². The number of methoxy groups -OCH3 is 1. The van der Waals surface area contributed by atoms with E-state index in [1.165, 1.54) is 0 Å². The van der Waals surface area contributed by atoms with E-state index in [1.807, 2.05) is 11.0 Å². The van der Waals surface area contributed by atoms with Crippen molar-refractivity contribution in [2.24, 2.45) is 5.92 Å². The van der Waals surface area contributed by atoms with Crippen LogP contribution < -0.4 is 0 Å². The smallest absolute Gasteiger partial charge is 0.223 e. The Morgan fingerprint density at radius 2 is 2.42 bits per heavy atom. The summed E-state index contributed by atoms with van der Waals surface area (Å²) in [6.07, 6.45) is 3.07. The molecule has 0 aromatic carbocycles. The largest absolute Gasteiger partial charge is 0.392 e. The predicted molar refractivity (Wildman–Crippen MR) is 70.4 cm³/mol. The van der Waals surface area contributed by atoms with Crippen LogP contribution in [0, 0.1) is 5.92 Å². The summed E-state index contributed by atoms with van der Waals surface area (Å²) in [5, 5.41) is 9.10. The van der Waals surface area contributed by atoms with Gasteiger partial charge < -0.3 is 14.7 Å². The topological polar surface area (TPSA) is 62.7 Å². The molecule has 1 aliphatic rings. The van der Waals surface area contributed by atoms with Crippen molar-refractivity contribution in [2.75, 3.05) is 26.8 Å². The highest BCUT2D eigenvalue weighted by Crippen LogP contribution is 2.21. The van der Waals surface area contributed by atoms with Gasteiger partial charge in [-0.1, -0.05) is 0 Å². The molecule has 0 bridgehead atoms. The molecule has 1 amide bonds. The lowest BCUT2D eigenvalue weighted by Crippen LogP contribution is -2.28. The fourth-order valence-electron chi connectivity index (χ4n) is 2.44. The number of hydrogen-bond acceptors (Lipinski definition) is 4. The van der Waals surface area contributed by atoms with E-state index in [-0.39, 0.29) is 12.5 Å². The molecule has 1 atom stereocenters. The molecule has 1 saturated heterocycles. The first kappa shape index (κ1) is 14.0. The maximum Gasteiger partial charge on any atom is 0.223 e. The van der Waals surface area contributed by atoms with Gasteiger partial charge in [0, 0.05) is 38.5 Å². The molecular formula is C14H20N2O3. The van der Waals surface area contributed by atoms with E-state index < -0.39 is 0 Å². The molecule has 1 fully saturated rings. The quantitative estimate of drug-likeness (QED) is 0.818. The number of amides is 1. The Labute approximate surface area is 113 Å². The van der Waals surface area contributed by atoms with Crippen molar-refractivity contribution < 1.29 is 14.6 Å². The van der Waals surface area contributed by atoms with Gasteiger partial charge in [0.25, 0.3) is 0 Å². The number of carbonyl (C=O) groups excluding carboxylic acids is 1. The number of carbonyl (C=O) groups is 1. The Hall–Kier alpha value is -1.46. The van der Waals surface area contributed by atoms with Crippen molar-refractivity contribution in [1.82, 2.24) is 9.88 Å². The van der Waals surface area contributed by atoms with Crippen LogP contribution in [0.5, 0.6) is 0 Å². The maximum absolute atomic E-state index is 11.8. The van der Waals surface area contributed by atoms with E-state index >= 15 is 0 Å². The molecule has 0 saturated carbocycles. The number of ether oxygens (including phenoxy) is 1. The van der Waals surface area contributed by atoms with E-state index in [2.05, 4.69) is 4.98 Å². The second kappa shape index (κ2) is 6.63. The van der Waals surface area contributed by atoms with E-state index in [4.69, 9.17) is 9.84 Å². The normalized spacial score (nSPS) is 19.2. The van der Waals surface area contributed by atoms with Crippen LogP contribution in [0.4, 0.5) is 0 Å². The van der Waals surface area contributed by atoms with Gasteiger partial charge in [-0.25, -0.2) is 0 Å². The number of rotatable bonds is 6. The molecule has 0 aliphatic carbocycles. The molecule has 2 rings (SSSR count). The zero-order chi connectivity index (χ0) is 13.7. The third-order valence-corrected chi connectivity index (χ3v) is 3.42. The molecule has 5 nitrogen and oxygen atoms in total. The van der Waals surface area contributed by atoms with Crippen molar-refractivity contribution >= 4 is 5.91 Å². The molecule has 5 heteroatoms. The minimum Gasteiger partial charge on any atom is -0.392 e. The molecule has 1 aromatic heterocycles. The van der Waals surface area contributed by atoms with Gasteiger partial charge in [0.1, 0.15) is 0 Å². The molecule has 19 heavy (non-hydrogen) atoms. The van der Waals surface area contributed by atoms with Gasteiger partial charge in [-0.15, -0.1) is 0 Å². The number of aliphatic hydroxyl groups excluding tert-OH is 1. The van der Waals surface area contributed by atoms with Crippen molar-refractivity contribution in [3.8, 4) is 0 Å². The van der Waals surface area contributed by atoms with Gasteiger partial charge in [0.05, 0.1) is 13.2 Å². The van der Waals surface area contributed by atoms with E-state index in [0.29, 0.717) is 25.5 Å². The minimum absolute atomic E-state index is 0.0269. The first-order valence-electron chi connectivity index (χ1n) is 6.54. The molecule has 1 aromatic rings. The van der Waals surface area contributed by atoms with Gasteiger partial charge >= 0.3 is 0 Å². The summed E-state index contributed by atoms with van der Waals surface area (Å²) < 4.78 is 5.00. The van der Waals surface area contributed by atoms with Gasteiger partial charge in [-0.3, -0.25) is 9.78 Å². The van der Waals surface area contributed by atoms with Crippen molar-refractivity contribution in [3.63, 3.8) is 0 Å². The minimum atomic E-state index is 0.0269. The van der Waals surface area contributed by atoms with Crippen molar-refractivity contribution in [1.29, 1.82) is 0 Å². The number of nitrogens with zero attached hydrogens (tertiary/aromatic N) is 2. The van der Waals surface area contributed by atoms with Crippen molar-refractivity contribution in [2.45, 2.75) is 19.4 Å².